The van der Waals surface area contributed by atoms with Crippen LogP contribution in [0.25, 0.3) is 11.1 Å². The summed E-state index contributed by atoms with van der Waals surface area (Å²) in [7, 11) is 0. The summed E-state index contributed by atoms with van der Waals surface area (Å²) in [6.45, 7) is 2.78. The summed E-state index contributed by atoms with van der Waals surface area (Å²) in [5.74, 6) is 1.44. The standard InChI is InChI=1S/C17H19NO/c1-12(18)16-9-15-8-7-14(10-17(15)19-11-16)13-5-3-2-4-6-13/h2-8,10,12,16H,9,11,18H2,1H3. The van der Waals surface area contributed by atoms with Crippen LogP contribution in [0.3, 0.4) is 0 Å². The van der Waals surface area contributed by atoms with E-state index in [0.29, 0.717) is 5.92 Å². The Morgan fingerprint density at radius 2 is 1.89 bits per heavy atom. The molecule has 0 amide bonds. The van der Waals surface area contributed by atoms with Crippen molar-refractivity contribution in [3.63, 3.8) is 0 Å². The first-order valence-electron chi connectivity index (χ1n) is 6.81. The molecule has 0 saturated carbocycles. The van der Waals surface area contributed by atoms with Crippen molar-refractivity contribution >= 4 is 0 Å². The van der Waals surface area contributed by atoms with Crippen molar-refractivity contribution in [1.82, 2.24) is 0 Å². The zero-order chi connectivity index (χ0) is 13.2. The lowest BCUT2D eigenvalue weighted by Gasteiger charge is -2.28. The van der Waals surface area contributed by atoms with Gasteiger partial charge in [0, 0.05) is 12.0 Å². The lowest BCUT2D eigenvalue weighted by molar-refractivity contribution is 0.204. The minimum absolute atomic E-state index is 0.182. The minimum Gasteiger partial charge on any atom is -0.493 e. The molecule has 0 saturated heterocycles. The second kappa shape index (κ2) is 5.06. The average Bonchev–Trinajstić information content (AvgIpc) is 2.47. The van der Waals surface area contributed by atoms with Gasteiger partial charge in [-0.3, -0.25) is 0 Å². The highest BCUT2D eigenvalue weighted by molar-refractivity contribution is 5.66. The molecule has 19 heavy (non-hydrogen) atoms. The molecular formula is C17H19NO. The Morgan fingerprint density at radius 1 is 1.11 bits per heavy atom. The Kier molecular flexibility index (Phi) is 3.26. The van der Waals surface area contributed by atoms with Crippen LogP contribution in [0.1, 0.15) is 12.5 Å². The Hall–Kier alpha value is -1.80. The first-order valence-corrected chi connectivity index (χ1v) is 6.81. The van der Waals surface area contributed by atoms with E-state index in [1.54, 1.807) is 0 Å². The van der Waals surface area contributed by atoms with E-state index in [0.717, 1.165) is 18.8 Å². The molecule has 98 valence electrons. The maximum atomic E-state index is 5.97. The highest BCUT2D eigenvalue weighted by Crippen LogP contribution is 2.32. The maximum absolute atomic E-state index is 5.97. The molecule has 1 heterocycles. The SMILES string of the molecule is CC(N)C1COc2cc(-c3ccccc3)ccc2C1. The van der Waals surface area contributed by atoms with E-state index in [4.69, 9.17) is 10.5 Å². The van der Waals surface area contributed by atoms with Crippen LogP contribution in [0.4, 0.5) is 0 Å². The summed E-state index contributed by atoms with van der Waals surface area (Å²) in [4.78, 5) is 0. The van der Waals surface area contributed by atoms with Gasteiger partial charge in [0.05, 0.1) is 6.61 Å². The molecule has 2 aromatic carbocycles. The smallest absolute Gasteiger partial charge is 0.123 e. The Bertz CT molecular complexity index is 563. The van der Waals surface area contributed by atoms with Gasteiger partial charge in [-0.05, 0) is 36.1 Å². The van der Waals surface area contributed by atoms with Crippen LogP contribution < -0.4 is 10.5 Å². The topological polar surface area (TPSA) is 35.2 Å². The molecule has 0 radical (unpaired) electrons. The van der Waals surface area contributed by atoms with Crippen LogP contribution in [-0.2, 0) is 6.42 Å². The Morgan fingerprint density at radius 3 is 2.63 bits per heavy atom. The first kappa shape index (κ1) is 12.2. The van der Waals surface area contributed by atoms with Gasteiger partial charge in [0.2, 0.25) is 0 Å². The minimum atomic E-state index is 0.182. The molecule has 2 heteroatoms. The number of nitrogens with two attached hydrogens (primary N) is 1. The van der Waals surface area contributed by atoms with E-state index < -0.39 is 0 Å². The molecule has 2 aromatic rings. The second-order valence-electron chi connectivity index (χ2n) is 5.32. The van der Waals surface area contributed by atoms with Gasteiger partial charge in [-0.2, -0.15) is 0 Å². The van der Waals surface area contributed by atoms with Crippen molar-refractivity contribution in [2.24, 2.45) is 11.7 Å². The maximum Gasteiger partial charge on any atom is 0.123 e. The molecular weight excluding hydrogens is 234 g/mol. The van der Waals surface area contributed by atoms with E-state index in [2.05, 4.69) is 49.4 Å². The largest absolute Gasteiger partial charge is 0.493 e. The second-order valence-corrected chi connectivity index (χ2v) is 5.32. The van der Waals surface area contributed by atoms with Crippen LogP contribution in [0.2, 0.25) is 0 Å². The van der Waals surface area contributed by atoms with E-state index >= 15 is 0 Å². The molecule has 2 atom stereocenters. The van der Waals surface area contributed by atoms with Crippen molar-refractivity contribution < 1.29 is 4.74 Å². The van der Waals surface area contributed by atoms with Gasteiger partial charge in [0.25, 0.3) is 0 Å². The molecule has 0 fully saturated rings. The summed E-state index contributed by atoms with van der Waals surface area (Å²) >= 11 is 0. The summed E-state index contributed by atoms with van der Waals surface area (Å²) in [5, 5.41) is 0. The van der Waals surface area contributed by atoms with Crippen LogP contribution in [0.5, 0.6) is 5.75 Å². The highest BCUT2D eigenvalue weighted by Gasteiger charge is 2.22. The van der Waals surface area contributed by atoms with Crippen molar-refractivity contribution in [2.75, 3.05) is 6.61 Å². The number of ether oxygens (including phenoxy) is 1. The summed E-state index contributed by atoms with van der Waals surface area (Å²) < 4.78 is 5.88. The van der Waals surface area contributed by atoms with Crippen LogP contribution >= 0.6 is 0 Å². The van der Waals surface area contributed by atoms with Gasteiger partial charge in [-0.15, -0.1) is 0 Å². The molecule has 1 aliphatic rings. The molecule has 0 aromatic heterocycles. The predicted molar refractivity (Wildman–Crippen MR) is 78.2 cm³/mol. The van der Waals surface area contributed by atoms with Crippen molar-refractivity contribution in [3.8, 4) is 16.9 Å². The number of hydrogen-bond donors (Lipinski definition) is 1. The van der Waals surface area contributed by atoms with E-state index in [-0.39, 0.29) is 6.04 Å². The fourth-order valence-corrected chi connectivity index (χ4v) is 2.54. The van der Waals surface area contributed by atoms with Gasteiger partial charge in [0.15, 0.2) is 0 Å². The molecule has 2 unspecified atom stereocenters. The van der Waals surface area contributed by atoms with Crippen molar-refractivity contribution in [2.45, 2.75) is 19.4 Å². The van der Waals surface area contributed by atoms with Crippen molar-refractivity contribution in [1.29, 1.82) is 0 Å². The molecule has 0 aliphatic carbocycles. The quantitative estimate of drug-likeness (QED) is 0.891. The number of benzene rings is 2. The van der Waals surface area contributed by atoms with E-state index in [9.17, 15) is 0 Å². The third-order valence-electron chi connectivity index (χ3n) is 3.85. The average molecular weight is 253 g/mol. The highest BCUT2D eigenvalue weighted by atomic mass is 16.5. The zero-order valence-electron chi connectivity index (χ0n) is 11.2. The summed E-state index contributed by atoms with van der Waals surface area (Å²) in [5.41, 5.74) is 9.67. The monoisotopic (exact) mass is 253 g/mol. The van der Waals surface area contributed by atoms with Gasteiger partial charge in [-0.1, -0.05) is 42.5 Å². The predicted octanol–water partition coefficient (Wildman–Crippen LogP) is 3.25. The van der Waals surface area contributed by atoms with Gasteiger partial charge < -0.3 is 10.5 Å². The van der Waals surface area contributed by atoms with E-state index in [1.165, 1.54) is 16.7 Å². The van der Waals surface area contributed by atoms with Gasteiger partial charge in [-0.25, -0.2) is 0 Å². The molecule has 3 rings (SSSR count). The van der Waals surface area contributed by atoms with Crippen LogP contribution in [0, 0.1) is 5.92 Å². The zero-order valence-corrected chi connectivity index (χ0v) is 11.2. The first-order chi connectivity index (χ1) is 9.24. The Balaban J connectivity index is 1.90. The molecule has 2 N–H and O–H groups in total. The third-order valence-corrected chi connectivity index (χ3v) is 3.85. The summed E-state index contributed by atoms with van der Waals surface area (Å²) in [6.07, 6.45) is 1.02. The van der Waals surface area contributed by atoms with Gasteiger partial charge in [0.1, 0.15) is 5.75 Å². The fourth-order valence-electron chi connectivity index (χ4n) is 2.54. The molecule has 1 aliphatic heterocycles. The molecule has 0 spiro atoms. The summed E-state index contributed by atoms with van der Waals surface area (Å²) in [6, 6.07) is 17.1. The third kappa shape index (κ3) is 2.49. The molecule has 0 bridgehead atoms. The van der Waals surface area contributed by atoms with Gasteiger partial charge >= 0.3 is 0 Å². The number of fused-ring (bicyclic) bond motifs is 1. The lowest BCUT2D eigenvalue weighted by Crippen LogP contribution is -2.35. The number of hydrogen-bond acceptors (Lipinski definition) is 2. The van der Waals surface area contributed by atoms with E-state index in [1.807, 2.05) is 6.07 Å². The normalized spacial score (nSPS) is 19.4. The molecule has 2 nitrogen and oxygen atoms in total. The fraction of sp³-hybridized carbons (Fsp3) is 0.294. The Labute approximate surface area is 114 Å². The lowest BCUT2D eigenvalue weighted by atomic mass is 9.90. The van der Waals surface area contributed by atoms with Crippen LogP contribution in [0.15, 0.2) is 48.5 Å². The van der Waals surface area contributed by atoms with Crippen LogP contribution in [-0.4, -0.2) is 12.6 Å². The number of rotatable bonds is 2. The van der Waals surface area contributed by atoms with Crippen molar-refractivity contribution in [3.05, 3.63) is 54.1 Å².